The van der Waals surface area contributed by atoms with Gasteiger partial charge >= 0.3 is 5.69 Å². The second kappa shape index (κ2) is 7.16. The van der Waals surface area contributed by atoms with E-state index in [1.54, 1.807) is 24.0 Å². The summed E-state index contributed by atoms with van der Waals surface area (Å²) in [6.07, 6.45) is 1.58. The lowest BCUT2D eigenvalue weighted by Gasteiger charge is -2.02. The molecule has 0 atom stereocenters. The van der Waals surface area contributed by atoms with Crippen LogP contribution in [0.1, 0.15) is 0 Å². The lowest BCUT2D eigenvalue weighted by atomic mass is 10.4. The molecular weight excluding hydrogens is 280 g/mol. The van der Waals surface area contributed by atoms with Crippen LogP contribution in [0.4, 0.5) is 5.69 Å². The van der Waals surface area contributed by atoms with Gasteiger partial charge in [-0.25, -0.2) is 4.98 Å². The normalized spacial score (nSPS) is 10.3. The molecule has 0 saturated carbocycles. The van der Waals surface area contributed by atoms with E-state index in [0.29, 0.717) is 5.03 Å². The van der Waals surface area contributed by atoms with Crippen LogP contribution in [0, 0.1) is 10.1 Å². The Balaban J connectivity index is 1.85. The van der Waals surface area contributed by atoms with E-state index >= 15 is 0 Å². The van der Waals surface area contributed by atoms with Gasteiger partial charge in [0.2, 0.25) is 0 Å². The minimum absolute atomic E-state index is 0.0808. The largest absolute Gasteiger partial charge is 0.301 e. The molecule has 2 aromatic rings. The van der Waals surface area contributed by atoms with Crippen LogP contribution in [0.15, 0.2) is 58.6 Å². The maximum absolute atomic E-state index is 10.8. The predicted octanol–water partition coefficient (Wildman–Crippen LogP) is 3.87. The summed E-state index contributed by atoms with van der Waals surface area (Å²) in [4.78, 5) is 15.7. The van der Waals surface area contributed by atoms with Gasteiger partial charge in [-0.05, 0) is 18.2 Å². The summed E-state index contributed by atoms with van der Waals surface area (Å²) >= 11 is 3.16. The van der Waals surface area contributed by atoms with E-state index < -0.39 is 0 Å². The molecule has 0 bridgehead atoms. The van der Waals surface area contributed by atoms with E-state index in [9.17, 15) is 10.1 Å². The Kier molecular flexibility index (Phi) is 5.23. The lowest BCUT2D eigenvalue weighted by molar-refractivity contribution is -0.388. The highest BCUT2D eigenvalue weighted by molar-refractivity contribution is 8.03. The zero-order valence-electron chi connectivity index (χ0n) is 10.1. The van der Waals surface area contributed by atoms with Gasteiger partial charge in [-0.15, -0.1) is 11.8 Å². The summed E-state index contributed by atoms with van der Waals surface area (Å²) in [5.41, 5.74) is 0.0808. The quantitative estimate of drug-likeness (QED) is 0.350. The molecule has 0 spiro atoms. The molecule has 0 aliphatic rings. The third kappa shape index (κ3) is 4.25. The van der Waals surface area contributed by atoms with Gasteiger partial charge in [-0.2, -0.15) is 0 Å². The summed E-state index contributed by atoms with van der Waals surface area (Å²) in [6, 6.07) is 13.2. The number of nitro groups is 1. The second-order valence-electron chi connectivity index (χ2n) is 3.59. The molecule has 0 unspecified atom stereocenters. The third-order valence-corrected chi connectivity index (χ3v) is 4.55. The first-order valence-electron chi connectivity index (χ1n) is 5.67. The molecule has 0 saturated heterocycles. The van der Waals surface area contributed by atoms with Crippen molar-refractivity contribution in [2.45, 2.75) is 9.92 Å². The maximum atomic E-state index is 10.8. The molecule has 1 aromatic carbocycles. The van der Waals surface area contributed by atoms with Gasteiger partial charge in [0.1, 0.15) is 0 Å². The van der Waals surface area contributed by atoms with Crippen LogP contribution in [-0.4, -0.2) is 21.4 Å². The van der Waals surface area contributed by atoms with Gasteiger partial charge in [0.05, 0.1) is 4.92 Å². The highest BCUT2D eigenvalue weighted by Gasteiger charge is 2.13. The van der Waals surface area contributed by atoms with Gasteiger partial charge in [0.25, 0.3) is 0 Å². The standard InChI is InChI=1S/C13H12N2O2S2/c16-15(17)12-7-4-8-14-13(12)19-10-9-18-11-5-2-1-3-6-11/h1-8H,9-10H2. The molecule has 4 nitrogen and oxygen atoms in total. The molecule has 0 radical (unpaired) electrons. The van der Waals surface area contributed by atoms with Crippen LogP contribution in [0.2, 0.25) is 0 Å². The Hall–Kier alpha value is -1.53. The van der Waals surface area contributed by atoms with Crippen LogP contribution in [-0.2, 0) is 0 Å². The minimum Gasteiger partial charge on any atom is -0.258 e. The summed E-state index contributed by atoms with van der Waals surface area (Å²) in [5.74, 6) is 1.68. The molecule has 0 aliphatic carbocycles. The zero-order valence-corrected chi connectivity index (χ0v) is 11.7. The third-order valence-electron chi connectivity index (χ3n) is 2.28. The number of pyridine rings is 1. The molecule has 0 fully saturated rings. The molecule has 6 heteroatoms. The van der Waals surface area contributed by atoms with Crippen molar-refractivity contribution in [1.82, 2.24) is 4.98 Å². The molecular formula is C13H12N2O2S2. The molecule has 0 amide bonds. The van der Waals surface area contributed by atoms with Crippen LogP contribution >= 0.6 is 23.5 Å². The van der Waals surface area contributed by atoms with Crippen LogP contribution in [0.3, 0.4) is 0 Å². The molecule has 0 aliphatic heterocycles. The summed E-state index contributed by atoms with van der Waals surface area (Å²) in [7, 11) is 0. The van der Waals surface area contributed by atoms with Gasteiger partial charge in [0, 0.05) is 28.7 Å². The molecule has 1 heterocycles. The van der Waals surface area contributed by atoms with Crippen LogP contribution in [0.5, 0.6) is 0 Å². The zero-order chi connectivity index (χ0) is 13.5. The van der Waals surface area contributed by atoms with E-state index in [1.807, 2.05) is 18.2 Å². The van der Waals surface area contributed by atoms with Crippen molar-refractivity contribution in [3.05, 3.63) is 58.8 Å². The molecule has 0 N–H and O–H groups in total. The Morgan fingerprint density at radius 2 is 1.79 bits per heavy atom. The fourth-order valence-electron chi connectivity index (χ4n) is 1.45. The van der Waals surface area contributed by atoms with Gasteiger partial charge in [0.15, 0.2) is 5.03 Å². The first-order valence-corrected chi connectivity index (χ1v) is 7.64. The first kappa shape index (κ1) is 13.9. The Bertz CT molecular complexity index is 549. The lowest BCUT2D eigenvalue weighted by Crippen LogP contribution is -1.94. The molecule has 2 rings (SSSR count). The molecule has 1 aromatic heterocycles. The van der Waals surface area contributed by atoms with E-state index in [4.69, 9.17) is 0 Å². The van der Waals surface area contributed by atoms with E-state index in [1.165, 1.54) is 22.7 Å². The number of rotatable bonds is 6. The molecule has 98 valence electrons. The van der Waals surface area contributed by atoms with E-state index in [-0.39, 0.29) is 10.6 Å². The fraction of sp³-hybridized carbons (Fsp3) is 0.154. The first-order chi connectivity index (χ1) is 9.27. The van der Waals surface area contributed by atoms with Crippen molar-refractivity contribution in [1.29, 1.82) is 0 Å². The Labute approximate surface area is 119 Å². The van der Waals surface area contributed by atoms with Crippen LogP contribution < -0.4 is 0 Å². The number of nitrogens with zero attached hydrogens (tertiary/aromatic N) is 2. The van der Waals surface area contributed by atoms with Crippen molar-refractivity contribution in [3.8, 4) is 0 Å². The Morgan fingerprint density at radius 1 is 1.05 bits per heavy atom. The SMILES string of the molecule is O=[N+]([O-])c1cccnc1SCCSc1ccccc1. The highest BCUT2D eigenvalue weighted by Crippen LogP contribution is 2.27. The van der Waals surface area contributed by atoms with Crippen molar-refractivity contribution in [2.24, 2.45) is 0 Å². The minimum atomic E-state index is -0.389. The monoisotopic (exact) mass is 292 g/mol. The summed E-state index contributed by atoms with van der Waals surface area (Å²) in [5, 5.41) is 11.3. The number of aromatic nitrogens is 1. The number of benzene rings is 1. The average molecular weight is 292 g/mol. The topological polar surface area (TPSA) is 56.0 Å². The predicted molar refractivity (Wildman–Crippen MR) is 78.8 cm³/mol. The maximum Gasteiger partial charge on any atom is 0.301 e. The van der Waals surface area contributed by atoms with E-state index in [2.05, 4.69) is 17.1 Å². The van der Waals surface area contributed by atoms with Crippen molar-refractivity contribution >= 4 is 29.2 Å². The molecule has 19 heavy (non-hydrogen) atoms. The highest BCUT2D eigenvalue weighted by atomic mass is 32.2. The van der Waals surface area contributed by atoms with Gasteiger partial charge in [-0.3, -0.25) is 10.1 Å². The van der Waals surface area contributed by atoms with Gasteiger partial charge < -0.3 is 0 Å². The van der Waals surface area contributed by atoms with E-state index in [0.717, 1.165) is 11.5 Å². The number of thioether (sulfide) groups is 2. The van der Waals surface area contributed by atoms with Crippen molar-refractivity contribution < 1.29 is 4.92 Å². The summed E-state index contributed by atoms with van der Waals surface area (Å²) < 4.78 is 0. The van der Waals surface area contributed by atoms with Crippen LogP contribution in [0.25, 0.3) is 0 Å². The Morgan fingerprint density at radius 3 is 2.53 bits per heavy atom. The van der Waals surface area contributed by atoms with Crippen molar-refractivity contribution in [3.63, 3.8) is 0 Å². The summed E-state index contributed by atoms with van der Waals surface area (Å²) in [6.45, 7) is 0. The average Bonchev–Trinajstić information content (AvgIpc) is 2.45. The number of hydrogen-bond donors (Lipinski definition) is 0. The van der Waals surface area contributed by atoms with Crippen molar-refractivity contribution in [2.75, 3.05) is 11.5 Å². The smallest absolute Gasteiger partial charge is 0.258 e. The van der Waals surface area contributed by atoms with Gasteiger partial charge in [-0.1, -0.05) is 30.0 Å². The number of hydrogen-bond acceptors (Lipinski definition) is 5. The fourth-order valence-corrected chi connectivity index (χ4v) is 3.32. The second-order valence-corrected chi connectivity index (χ2v) is 5.85.